The zero-order valence-corrected chi connectivity index (χ0v) is 17.1. The van der Waals surface area contributed by atoms with E-state index in [4.69, 9.17) is 4.74 Å². The summed E-state index contributed by atoms with van der Waals surface area (Å²) in [7, 11) is 1.72. The molecule has 144 valence electrons. The molecular weight excluding hydrogens is 367 g/mol. The molecule has 1 saturated heterocycles. The Kier molecular flexibility index (Phi) is 10.7. The third-order valence-electron chi connectivity index (χ3n) is 4.75. The van der Waals surface area contributed by atoms with Gasteiger partial charge in [-0.1, -0.05) is 42.5 Å². The minimum Gasteiger partial charge on any atom is -0.497 e. The van der Waals surface area contributed by atoms with Crippen molar-refractivity contribution in [3.8, 4) is 5.75 Å². The second-order valence-corrected chi connectivity index (χ2v) is 6.59. The first-order chi connectivity index (χ1) is 11.8. The van der Waals surface area contributed by atoms with Gasteiger partial charge in [-0.05, 0) is 49.2 Å². The van der Waals surface area contributed by atoms with Crippen molar-refractivity contribution in [2.45, 2.75) is 25.9 Å². The molecule has 5 heteroatoms. The van der Waals surface area contributed by atoms with Gasteiger partial charge in [-0.15, -0.1) is 24.8 Å². The van der Waals surface area contributed by atoms with Gasteiger partial charge in [0.1, 0.15) is 5.75 Å². The van der Waals surface area contributed by atoms with E-state index >= 15 is 0 Å². The fourth-order valence-electron chi connectivity index (χ4n) is 3.33. The molecule has 2 aromatic carbocycles. The molecule has 1 aliphatic heterocycles. The lowest BCUT2D eigenvalue weighted by Crippen LogP contribution is -2.33. The lowest BCUT2D eigenvalue weighted by Gasteiger charge is -2.25. The van der Waals surface area contributed by atoms with E-state index < -0.39 is 0 Å². The summed E-state index contributed by atoms with van der Waals surface area (Å²) >= 11 is 0. The molecule has 26 heavy (non-hydrogen) atoms. The van der Waals surface area contributed by atoms with Crippen LogP contribution in [0.15, 0.2) is 54.6 Å². The van der Waals surface area contributed by atoms with E-state index in [-0.39, 0.29) is 24.8 Å². The van der Waals surface area contributed by atoms with Crippen molar-refractivity contribution in [1.29, 1.82) is 0 Å². The summed E-state index contributed by atoms with van der Waals surface area (Å²) in [5.74, 6) is 0.922. The number of likely N-dealkylation sites (tertiary alicyclic amines) is 1. The molecule has 0 atom stereocenters. The van der Waals surface area contributed by atoms with Crippen molar-refractivity contribution >= 4 is 24.8 Å². The van der Waals surface area contributed by atoms with Crippen LogP contribution in [0, 0.1) is 0 Å². The zero-order chi connectivity index (χ0) is 16.6. The summed E-state index contributed by atoms with van der Waals surface area (Å²) in [4.78, 5) is 5.14. The molecule has 0 N–H and O–H groups in total. The van der Waals surface area contributed by atoms with Gasteiger partial charge in [0, 0.05) is 26.2 Å². The van der Waals surface area contributed by atoms with Crippen LogP contribution in [0.3, 0.4) is 0 Å². The standard InChI is InChI=1S/C21H28N2O.2ClH/c1-24-21-11-9-20(10-12-21)18-23(16-15-22-13-5-6-14-22)17-19-7-3-2-4-8-19;;/h2-4,7-12H,5-6,13-18H2,1H3;2*1H. The van der Waals surface area contributed by atoms with E-state index in [1.54, 1.807) is 7.11 Å². The summed E-state index contributed by atoms with van der Waals surface area (Å²) in [6, 6.07) is 19.2. The molecular formula is C21H30Cl2N2O. The Hall–Kier alpha value is -1.26. The Morgan fingerprint density at radius 1 is 0.846 bits per heavy atom. The van der Waals surface area contributed by atoms with Crippen LogP contribution < -0.4 is 4.74 Å². The second kappa shape index (κ2) is 12.2. The Morgan fingerprint density at radius 3 is 2.00 bits per heavy atom. The van der Waals surface area contributed by atoms with E-state index in [9.17, 15) is 0 Å². The van der Waals surface area contributed by atoms with Gasteiger partial charge in [0.05, 0.1) is 7.11 Å². The van der Waals surface area contributed by atoms with Crippen molar-refractivity contribution in [2.24, 2.45) is 0 Å². The summed E-state index contributed by atoms with van der Waals surface area (Å²) in [5, 5.41) is 0. The number of benzene rings is 2. The second-order valence-electron chi connectivity index (χ2n) is 6.59. The first kappa shape index (κ1) is 22.8. The Bertz CT molecular complexity index is 601. The number of hydrogen-bond donors (Lipinski definition) is 0. The van der Waals surface area contributed by atoms with Gasteiger partial charge < -0.3 is 9.64 Å². The third-order valence-corrected chi connectivity index (χ3v) is 4.75. The number of methoxy groups -OCH3 is 1. The normalized spacial score (nSPS) is 13.9. The SMILES string of the molecule is COc1ccc(CN(CCN2CCCC2)Cc2ccccc2)cc1.Cl.Cl. The number of hydrogen-bond acceptors (Lipinski definition) is 3. The van der Waals surface area contributed by atoms with Crippen molar-refractivity contribution in [3.63, 3.8) is 0 Å². The van der Waals surface area contributed by atoms with Crippen LogP contribution in [-0.4, -0.2) is 43.1 Å². The minimum atomic E-state index is 0. The van der Waals surface area contributed by atoms with Crippen LogP contribution in [0.2, 0.25) is 0 Å². The zero-order valence-electron chi connectivity index (χ0n) is 15.5. The predicted octanol–water partition coefficient (Wildman–Crippen LogP) is 4.64. The number of ether oxygens (including phenoxy) is 1. The highest BCUT2D eigenvalue weighted by molar-refractivity contribution is 5.85. The Morgan fingerprint density at radius 2 is 1.42 bits per heavy atom. The van der Waals surface area contributed by atoms with Crippen LogP contribution in [0.25, 0.3) is 0 Å². The fraction of sp³-hybridized carbons (Fsp3) is 0.429. The number of rotatable bonds is 8. The molecule has 0 aliphatic carbocycles. The molecule has 1 fully saturated rings. The molecule has 0 saturated carbocycles. The average Bonchev–Trinajstić information content (AvgIpc) is 3.15. The van der Waals surface area contributed by atoms with Crippen LogP contribution in [0.1, 0.15) is 24.0 Å². The largest absolute Gasteiger partial charge is 0.497 e. The van der Waals surface area contributed by atoms with Gasteiger partial charge in [-0.3, -0.25) is 4.90 Å². The molecule has 1 aliphatic rings. The van der Waals surface area contributed by atoms with Gasteiger partial charge in [-0.2, -0.15) is 0 Å². The average molecular weight is 397 g/mol. The molecule has 2 aromatic rings. The lowest BCUT2D eigenvalue weighted by atomic mass is 10.1. The summed E-state index contributed by atoms with van der Waals surface area (Å²) in [6.07, 6.45) is 2.72. The Labute approximate surface area is 170 Å². The molecule has 3 nitrogen and oxygen atoms in total. The van der Waals surface area contributed by atoms with Gasteiger partial charge in [0.25, 0.3) is 0 Å². The van der Waals surface area contributed by atoms with Crippen molar-refractivity contribution in [1.82, 2.24) is 9.80 Å². The van der Waals surface area contributed by atoms with Crippen LogP contribution >= 0.6 is 24.8 Å². The van der Waals surface area contributed by atoms with Gasteiger partial charge in [0.15, 0.2) is 0 Å². The highest BCUT2D eigenvalue weighted by Gasteiger charge is 2.14. The quantitative estimate of drug-likeness (QED) is 0.646. The molecule has 0 bridgehead atoms. The van der Waals surface area contributed by atoms with Crippen LogP contribution in [0.5, 0.6) is 5.75 Å². The monoisotopic (exact) mass is 396 g/mol. The minimum absolute atomic E-state index is 0. The van der Waals surface area contributed by atoms with E-state index in [1.807, 2.05) is 0 Å². The first-order valence-corrected chi connectivity index (χ1v) is 8.95. The molecule has 0 unspecified atom stereocenters. The molecule has 0 spiro atoms. The molecule has 0 aromatic heterocycles. The highest BCUT2D eigenvalue weighted by atomic mass is 35.5. The van der Waals surface area contributed by atoms with Crippen molar-refractivity contribution < 1.29 is 4.74 Å². The van der Waals surface area contributed by atoms with Gasteiger partial charge in [0.2, 0.25) is 0 Å². The maximum atomic E-state index is 5.26. The third kappa shape index (κ3) is 7.16. The predicted molar refractivity (Wildman–Crippen MR) is 114 cm³/mol. The Balaban J connectivity index is 0.00000169. The topological polar surface area (TPSA) is 15.7 Å². The maximum Gasteiger partial charge on any atom is 0.118 e. The lowest BCUT2D eigenvalue weighted by molar-refractivity contribution is 0.212. The molecule has 3 rings (SSSR count). The van der Waals surface area contributed by atoms with E-state index in [0.29, 0.717) is 0 Å². The van der Waals surface area contributed by atoms with Crippen LogP contribution in [-0.2, 0) is 13.1 Å². The first-order valence-electron chi connectivity index (χ1n) is 8.95. The van der Waals surface area contributed by atoms with Crippen LogP contribution in [0.4, 0.5) is 0 Å². The van der Waals surface area contributed by atoms with Crippen molar-refractivity contribution in [3.05, 3.63) is 65.7 Å². The maximum absolute atomic E-state index is 5.26. The van der Waals surface area contributed by atoms with Crippen molar-refractivity contribution in [2.75, 3.05) is 33.3 Å². The summed E-state index contributed by atoms with van der Waals surface area (Å²) in [6.45, 7) is 6.79. The molecule has 0 radical (unpaired) electrons. The highest BCUT2D eigenvalue weighted by Crippen LogP contribution is 2.15. The number of halogens is 2. The molecule has 0 amide bonds. The van der Waals surface area contributed by atoms with E-state index in [0.717, 1.165) is 25.4 Å². The molecule has 1 heterocycles. The van der Waals surface area contributed by atoms with Gasteiger partial charge in [-0.25, -0.2) is 0 Å². The fourth-order valence-corrected chi connectivity index (χ4v) is 3.33. The smallest absolute Gasteiger partial charge is 0.118 e. The summed E-state index contributed by atoms with van der Waals surface area (Å²) in [5.41, 5.74) is 2.72. The summed E-state index contributed by atoms with van der Waals surface area (Å²) < 4.78 is 5.26. The van der Waals surface area contributed by atoms with E-state index in [2.05, 4.69) is 64.4 Å². The van der Waals surface area contributed by atoms with E-state index in [1.165, 1.54) is 43.6 Å². The van der Waals surface area contributed by atoms with Gasteiger partial charge >= 0.3 is 0 Å². The number of nitrogens with zero attached hydrogens (tertiary/aromatic N) is 2.